The molecule has 2 unspecified atom stereocenters. The summed E-state index contributed by atoms with van der Waals surface area (Å²) < 4.78 is 5.09. The van der Waals surface area contributed by atoms with Crippen LogP contribution in [0.2, 0.25) is 0 Å². The highest BCUT2D eigenvalue weighted by Crippen LogP contribution is 2.28. The number of likely N-dealkylation sites (tertiary alicyclic amines) is 1. The molecule has 0 radical (unpaired) electrons. The molecule has 12 heavy (non-hydrogen) atoms. The van der Waals surface area contributed by atoms with Crippen LogP contribution in [0.1, 0.15) is 6.42 Å². The molecule has 0 aromatic rings. The summed E-state index contributed by atoms with van der Waals surface area (Å²) in [5.74, 6) is -1.13. The Kier molecular flexibility index (Phi) is 1.54. The summed E-state index contributed by atoms with van der Waals surface area (Å²) >= 11 is 0. The van der Waals surface area contributed by atoms with Crippen molar-refractivity contribution in [3.63, 3.8) is 0 Å². The number of rotatable bonds is 2. The first-order chi connectivity index (χ1) is 5.68. The van der Waals surface area contributed by atoms with Gasteiger partial charge in [0, 0.05) is 6.42 Å². The standard InChI is InChI=1S/C7H9NO4/c9-6(10)2-8-4-1-5(7(8)11)12-3-4/h4-5H,1-3H2,(H,9,10). The fraction of sp³-hybridized carbons (Fsp3) is 0.714. The Bertz CT molecular complexity index is 240. The summed E-state index contributed by atoms with van der Waals surface area (Å²) in [6.45, 7) is 0.299. The van der Waals surface area contributed by atoms with Gasteiger partial charge in [0.15, 0.2) is 0 Å². The van der Waals surface area contributed by atoms with Crippen molar-refractivity contribution in [2.24, 2.45) is 0 Å². The minimum atomic E-state index is -0.962. The smallest absolute Gasteiger partial charge is 0.323 e. The lowest BCUT2D eigenvalue weighted by Crippen LogP contribution is -2.44. The number of carbonyl (C=O) groups excluding carboxylic acids is 1. The van der Waals surface area contributed by atoms with Crippen LogP contribution in [0.3, 0.4) is 0 Å². The van der Waals surface area contributed by atoms with Gasteiger partial charge < -0.3 is 14.7 Å². The van der Waals surface area contributed by atoms with Gasteiger partial charge in [0.25, 0.3) is 5.91 Å². The van der Waals surface area contributed by atoms with Crippen LogP contribution in [0.5, 0.6) is 0 Å². The molecule has 0 aliphatic carbocycles. The third-order valence-corrected chi connectivity index (χ3v) is 2.28. The summed E-state index contributed by atoms with van der Waals surface area (Å²) in [6, 6.07) is -0.00130. The number of hydrogen-bond donors (Lipinski definition) is 1. The summed E-state index contributed by atoms with van der Waals surface area (Å²) in [4.78, 5) is 23.0. The van der Waals surface area contributed by atoms with Crippen molar-refractivity contribution in [3.8, 4) is 0 Å². The Morgan fingerprint density at radius 3 is 3.00 bits per heavy atom. The van der Waals surface area contributed by atoms with Crippen molar-refractivity contribution in [3.05, 3.63) is 0 Å². The Balaban J connectivity index is 2.07. The van der Waals surface area contributed by atoms with E-state index in [1.165, 1.54) is 4.90 Å². The van der Waals surface area contributed by atoms with E-state index in [1.54, 1.807) is 0 Å². The lowest BCUT2D eigenvalue weighted by molar-refractivity contribution is -0.151. The molecular formula is C7H9NO4. The number of carboxylic acids is 1. The molecule has 2 atom stereocenters. The highest BCUT2D eigenvalue weighted by atomic mass is 16.5. The second kappa shape index (κ2) is 2.45. The molecule has 5 nitrogen and oxygen atoms in total. The van der Waals surface area contributed by atoms with Gasteiger partial charge >= 0.3 is 5.97 Å². The van der Waals surface area contributed by atoms with E-state index >= 15 is 0 Å². The molecule has 0 aromatic carbocycles. The van der Waals surface area contributed by atoms with Crippen molar-refractivity contribution < 1.29 is 19.4 Å². The number of hydrogen-bond acceptors (Lipinski definition) is 3. The molecule has 5 heteroatoms. The van der Waals surface area contributed by atoms with Crippen molar-refractivity contribution in [1.29, 1.82) is 0 Å². The Morgan fingerprint density at radius 1 is 1.75 bits per heavy atom. The van der Waals surface area contributed by atoms with E-state index in [9.17, 15) is 9.59 Å². The third-order valence-electron chi connectivity index (χ3n) is 2.28. The number of amides is 1. The monoisotopic (exact) mass is 171 g/mol. The number of fused-ring (bicyclic) bond motifs is 2. The van der Waals surface area contributed by atoms with Gasteiger partial charge in [0.2, 0.25) is 0 Å². The molecule has 1 N–H and O–H groups in total. The van der Waals surface area contributed by atoms with Gasteiger partial charge in [-0.3, -0.25) is 9.59 Å². The molecule has 2 rings (SSSR count). The van der Waals surface area contributed by atoms with Gasteiger partial charge in [-0.2, -0.15) is 0 Å². The van der Waals surface area contributed by atoms with Crippen LogP contribution in [0.4, 0.5) is 0 Å². The molecule has 1 amide bonds. The minimum absolute atomic E-state index is 0.00130. The van der Waals surface area contributed by atoms with E-state index in [0.717, 1.165) is 0 Å². The van der Waals surface area contributed by atoms with E-state index < -0.39 is 5.97 Å². The van der Waals surface area contributed by atoms with Gasteiger partial charge in [-0.25, -0.2) is 0 Å². The predicted octanol–water partition coefficient (Wildman–Crippen LogP) is -0.929. The second-order valence-corrected chi connectivity index (χ2v) is 3.07. The maximum absolute atomic E-state index is 11.2. The lowest BCUT2D eigenvalue weighted by Gasteiger charge is -2.24. The Labute approximate surface area is 68.9 Å². The average molecular weight is 171 g/mol. The number of aliphatic carboxylic acids is 1. The fourth-order valence-corrected chi connectivity index (χ4v) is 1.72. The summed E-state index contributed by atoms with van der Waals surface area (Å²) in [5.41, 5.74) is 0. The molecule has 2 fully saturated rings. The van der Waals surface area contributed by atoms with Crippen LogP contribution in [0.15, 0.2) is 0 Å². The van der Waals surface area contributed by atoms with E-state index in [2.05, 4.69) is 0 Å². The van der Waals surface area contributed by atoms with Crippen LogP contribution >= 0.6 is 0 Å². The zero-order chi connectivity index (χ0) is 8.72. The molecule has 2 aliphatic heterocycles. The predicted molar refractivity (Wildman–Crippen MR) is 37.5 cm³/mol. The van der Waals surface area contributed by atoms with Gasteiger partial charge in [-0.15, -0.1) is 0 Å². The average Bonchev–Trinajstić information content (AvgIpc) is 2.53. The van der Waals surface area contributed by atoms with Crippen molar-refractivity contribution in [2.45, 2.75) is 18.6 Å². The van der Waals surface area contributed by atoms with E-state index in [0.29, 0.717) is 13.0 Å². The quantitative estimate of drug-likeness (QED) is 0.583. The number of carboxylic acid groups (broad SMARTS) is 1. The van der Waals surface area contributed by atoms with Gasteiger partial charge in [0.1, 0.15) is 12.6 Å². The Hall–Kier alpha value is -1.10. The number of ether oxygens (including phenoxy) is 1. The summed E-state index contributed by atoms with van der Waals surface area (Å²) in [5, 5.41) is 8.49. The van der Waals surface area contributed by atoms with Crippen molar-refractivity contribution in [2.75, 3.05) is 13.2 Å². The molecule has 66 valence electrons. The third kappa shape index (κ3) is 0.972. The van der Waals surface area contributed by atoms with Crippen LogP contribution < -0.4 is 0 Å². The molecule has 0 spiro atoms. The molecule has 2 bridgehead atoms. The van der Waals surface area contributed by atoms with E-state index in [-0.39, 0.29) is 24.6 Å². The largest absolute Gasteiger partial charge is 0.480 e. The van der Waals surface area contributed by atoms with Crippen LogP contribution in [-0.4, -0.2) is 47.2 Å². The van der Waals surface area contributed by atoms with Gasteiger partial charge in [-0.05, 0) is 0 Å². The zero-order valence-corrected chi connectivity index (χ0v) is 6.40. The summed E-state index contributed by atoms with van der Waals surface area (Å²) in [7, 11) is 0. The topological polar surface area (TPSA) is 66.8 Å². The number of carbonyl (C=O) groups is 2. The molecule has 0 saturated carbocycles. The van der Waals surface area contributed by atoms with Gasteiger partial charge in [0.05, 0.1) is 12.6 Å². The van der Waals surface area contributed by atoms with Gasteiger partial charge in [-0.1, -0.05) is 0 Å². The van der Waals surface area contributed by atoms with E-state index in [1.807, 2.05) is 0 Å². The van der Waals surface area contributed by atoms with Crippen LogP contribution in [0.25, 0.3) is 0 Å². The highest BCUT2D eigenvalue weighted by Gasteiger charge is 2.46. The molecule has 0 aromatic heterocycles. The molecular weight excluding hydrogens is 162 g/mol. The molecule has 2 heterocycles. The number of morpholine rings is 1. The minimum Gasteiger partial charge on any atom is -0.480 e. The Morgan fingerprint density at radius 2 is 2.50 bits per heavy atom. The molecule has 2 saturated heterocycles. The van der Waals surface area contributed by atoms with Crippen LogP contribution in [-0.2, 0) is 14.3 Å². The lowest BCUT2D eigenvalue weighted by atomic mass is 10.2. The van der Waals surface area contributed by atoms with Crippen molar-refractivity contribution in [1.82, 2.24) is 4.90 Å². The fourth-order valence-electron chi connectivity index (χ4n) is 1.72. The highest BCUT2D eigenvalue weighted by molar-refractivity contribution is 5.87. The maximum atomic E-state index is 11.2. The van der Waals surface area contributed by atoms with Crippen molar-refractivity contribution >= 4 is 11.9 Å². The maximum Gasteiger partial charge on any atom is 0.323 e. The second-order valence-electron chi connectivity index (χ2n) is 3.07. The van der Waals surface area contributed by atoms with Crippen LogP contribution in [0, 0.1) is 0 Å². The normalized spacial score (nSPS) is 33.0. The first kappa shape index (κ1) is 7.54. The zero-order valence-electron chi connectivity index (χ0n) is 6.40. The number of nitrogens with zero attached hydrogens (tertiary/aromatic N) is 1. The SMILES string of the molecule is O=C(O)CN1C(=O)C2CC1CO2. The first-order valence-corrected chi connectivity index (χ1v) is 3.82. The summed E-state index contributed by atoms with van der Waals surface area (Å²) in [6.07, 6.45) is 0.292. The first-order valence-electron chi connectivity index (χ1n) is 3.82. The molecule has 2 aliphatic rings. The van der Waals surface area contributed by atoms with E-state index in [4.69, 9.17) is 9.84 Å².